The maximum atomic E-state index is 13.5. The van der Waals surface area contributed by atoms with Crippen molar-refractivity contribution in [2.24, 2.45) is 5.73 Å². The fraction of sp³-hybridized carbons (Fsp3) is 0.250. The van der Waals surface area contributed by atoms with Gasteiger partial charge in [-0.25, -0.2) is 4.39 Å². The molecule has 9 heteroatoms. The van der Waals surface area contributed by atoms with E-state index in [1.807, 2.05) is 25.3 Å². The molecule has 4 rings (SSSR count). The van der Waals surface area contributed by atoms with Crippen LogP contribution in [0.3, 0.4) is 0 Å². The molecule has 1 aliphatic heterocycles. The number of likely N-dealkylation sites (N-methyl/N-ethyl adjacent to an activating group) is 1. The van der Waals surface area contributed by atoms with Crippen LogP contribution in [-0.2, 0) is 4.79 Å². The summed E-state index contributed by atoms with van der Waals surface area (Å²) >= 11 is 0. The Labute approximate surface area is 169 Å². The van der Waals surface area contributed by atoms with Crippen LogP contribution in [0.25, 0.3) is 22.0 Å². The number of hydrogen-bond acceptors (Lipinski definition) is 5. The summed E-state index contributed by atoms with van der Waals surface area (Å²) in [7, 11) is -1.76. The van der Waals surface area contributed by atoms with E-state index >= 15 is 0 Å². The van der Waals surface area contributed by atoms with Crippen LogP contribution in [0.1, 0.15) is 18.5 Å². The highest BCUT2D eigenvalue weighted by Gasteiger charge is 2.42. The van der Waals surface area contributed by atoms with Crippen LogP contribution in [-0.4, -0.2) is 43.9 Å². The molecule has 2 aromatic carbocycles. The summed E-state index contributed by atoms with van der Waals surface area (Å²) < 4.78 is 36.6. The van der Waals surface area contributed by atoms with Crippen LogP contribution in [0.4, 0.5) is 4.39 Å². The molecule has 7 nitrogen and oxygen atoms in total. The Morgan fingerprint density at radius 3 is 2.83 bits per heavy atom. The maximum Gasteiger partial charge on any atom is 0.238 e. The number of aromatic nitrogens is 1. The lowest BCUT2D eigenvalue weighted by Gasteiger charge is -2.40. The first-order valence-electron chi connectivity index (χ1n) is 9.17. The van der Waals surface area contributed by atoms with Gasteiger partial charge < -0.3 is 16.0 Å². The second-order valence-electron chi connectivity index (χ2n) is 7.16. The third-order valence-electron chi connectivity index (χ3n) is 5.43. The van der Waals surface area contributed by atoms with Gasteiger partial charge in [0.15, 0.2) is 0 Å². The molecule has 2 unspecified atom stereocenters. The van der Waals surface area contributed by atoms with Crippen molar-refractivity contribution in [1.29, 1.82) is 0 Å². The van der Waals surface area contributed by atoms with Crippen LogP contribution in [0.2, 0.25) is 0 Å². The average molecular weight is 418 g/mol. The van der Waals surface area contributed by atoms with Crippen molar-refractivity contribution >= 4 is 27.6 Å². The van der Waals surface area contributed by atoms with Crippen molar-refractivity contribution in [2.75, 3.05) is 13.6 Å². The summed E-state index contributed by atoms with van der Waals surface area (Å²) in [6, 6.07) is 8.76. The molecule has 29 heavy (non-hydrogen) atoms. The number of benzene rings is 2. The van der Waals surface area contributed by atoms with Crippen molar-refractivity contribution in [3.63, 3.8) is 0 Å². The Balaban J connectivity index is 1.72. The van der Waals surface area contributed by atoms with Crippen molar-refractivity contribution in [1.82, 2.24) is 14.6 Å². The van der Waals surface area contributed by atoms with Crippen LogP contribution in [0, 0.1) is 5.82 Å². The van der Waals surface area contributed by atoms with E-state index in [0.717, 1.165) is 22.1 Å². The number of fused-ring (bicyclic) bond motifs is 2. The molecule has 0 fully saturated rings. The van der Waals surface area contributed by atoms with Gasteiger partial charge in [-0.2, -0.15) is 4.31 Å². The topological polar surface area (TPSA) is 115 Å². The van der Waals surface area contributed by atoms with Gasteiger partial charge in [-0.3, -0.25) is 13.9 Å². The fourth-order valence-electron chi connectivity index (χ4n) is 3.86. The molecule has 0 saturated heterocycles. The lowest BCUT2D eigenvalue weighted by molar-refractivity contribution is -0.122. The summed E-state index contributed by atoms with van der Waals surface area (Å²) in [5, 5.41) is 3.35. The Morgan fingerprint density at radius 2 is 2.10 bits per heavy atom. The number of nitrogens with two attached hydrogens (primary N) is 1. The van der Waals surface area contributed by atoms with Gasteiger partial charge in [-0.05, 0) is 48.4 Å². The minimum atomic E-state index is -3.25. The highest BCUT2D eigenvalue weighted by atomic mass is 32.3. The van der Waals surface area contributed by atoms with Crippen molar-refractivity contribution in [3.05, 3.63) is 54.0 Å². The number of amides is 1. The molecule has 1 amide bonds. The zero-order valence-corrected chi connectivity index (χ0v) is 16.8. The summed E-state index contributed by atoms with van der Waals surface area (Å²) in [4.78, 5) is 15.3. The number of carbonyl (C=O) groups is 1. The van der Waals surface area contributed by atoms with E-state index in [0.29, 0.717) is 10.4 Å². The summed E-state index contributed by atoms with van der Waals surface area (Å²) in [5.74, 6) is -0.680. The lowest BCUT2D eigenvalue weighted by atomic mass is 9.99. The molecule has 0 aliphatic carbocycles. The largest absolute Gasteiger partial charge is 0.360 e. The molecule has 0 radical (unpaired) electrons. The third kappa shape index (κ3) is 3.21. The lowest BCUT2D eigenvalue weighted by Crippen LogP contribution is -2.47. The quantitative estimate of drug-likeness (QED) is 0.445. The number of nitrogens with zero attached hydrogens (tertiary/aromatic N) is 1. The van der Waals surface area contributed by atoms with Gasteiger partial charge in [0.05, 0.1) is 17.0 Å². The van der Waals surface area contributed by atoms with E-state index in [1.165, 1.54) is 23.5 Å². The van der Waals surface area contributed by atoms with Gasteiger partial charge in [0.1, 0.15) is 5.82 Å². The highest BCUT2D eigenvalue weighted by molar-refractivity contribution is 8.22. The first kappa shape index (κ1) is 19.9. The maximum absolute atomic E-state index is 13.5. The fourth-order valence-corrected chi connectivity index (χ4v) is 5.83. The van der Waals surface area contributed by atoms with E-state index in [4.69, 9.17) is 5.73 Å². The first-order valence-corrected chi connectivity index (χ1v) is 10.7. The van der Waals surface area contributed by atoms with Crippen LogP contribution >= 0.6 is 10.8 Å². The van der Waals surface area contributed by atoms with E-state index < -0.39 is 16.8 Å². The molecular formula is C20H23FN4O3S. The SMILES string of the molecule is CNC(=O)C(N)CN1C(C)c2cc(-c3c[nH]c4cc(F)ccc34)ccc2S1(O)O. The highest BCUT2D eigenvalue weighted by Crippen LogP contribution is 2.63. The Hall–Kier alpha value is -2.43. The molecule has 154 valence electrons. The van der Waals surface area contributed by atoms with Gasteiger partial charge in [0, 0.05) is 36.3 Å². The average Bonchev–Trinajstić information content (AvgIpc) is 3.19. The van der Waals surface area contributed by atoms with E-state index in [-0.39, 0.29) is 24.3 Å². The zero-order valence-electron chi connectivity index (χ0n) is 16.0. The molecular weight excluding hydrogens is 395 g/mol. The smallest absolute Gasteiger partial charge is 0.238 e. The molecule has 0 saturated carbocycles. The second kappa shape index (κ2) is 7.12. The zero-order chi connectivity index (χ0) is 20.9. The third-order valence-corrected chi connectivity index (χ3v) is 7.51. The van der Waals surface area contributed by atoms with Gasteiger partial charge in [-0.15, -0.1) is 10.8 Å². The van der Waals surface area contributed by atoms with Crippen LogP contribution < -0.4 is 11.1 Å². The van der Waals surface area contributed by atoms with E-state index in [2.05, 4.69) is 10.3 Å². The predicted molar refractivity (Wildman–Crippen MR) is 112 cm³/mol. The van der Waals surface area contributed by atoms with Gasteiger partial charge in [0.2, 0.25) is 5.91 Å². The molecule has 2 atom stereocenters. The molecule has 6 N–H and O–H groups in total. The number of aromatic amines is 1. The number of hydrogen-bond donors (Lipinski definition) is 5. The standard InChI is InChI=1S/C20H23FN4O3S/c1-11-15-7-12(16-9-24-18-8-13(21)4-5-14(16)18)3-6-19(15)29(27,28)25(11)10-17(22)20(26)23-2/h3-9,11,17,24,27-28H,10,22H2,1-2H3,(H,23,26). The summed E-state index contributed by atoms with van der Waals surface area (Å²) in [6.45, 7) is 1.87. The molecule has 2 heterocycles. The summed E-state index contributed by atoms with van der Waals surface area (Å²) in [5.41, 5.74) is 9.14. The molecule has 3 aromatic rings. The molecule has 0 spiro atoms. The van der Waals surface area contributed by atoms with Gasteiger partial charge >= 0.3 is 0 Å². The number of nitrogens with one attached hydrogen (secondary N) is 2. The number of halogens is 1. The Bertz CT molecular complexity index is 1100. The predicted octanol–water partition coefficient (Wildman–Crippen LogP) is 3.45. The number of rotatable bonds is 4. The number of H-pyrrole nitrogens is 1. The van der Waals surface area contributed by atoms with Crippen molar-refractivity contribution in [3.8, 4) is 11.1 Å². The normalized spacial score (nSPS) is 20.4. The van der Waals surface area contributed by atoms with Gasteiger partial charge in [-0.1, -0.05) is 6.07 Å². The Morgan fingerprint density at radius 1 is 1.34 bits per heavy atom. The van der Waals surface area contributed by atoms with Crippen molar-refractivity contribution < 1.29 is 18.3 Å². The van der Waals surface area contributed by atoms with E-state index in [9.17, 15) is 18.3 Å². The Kier molecular flexibility index (Phi) is 4.88. The monoisotopic (exact) mass is 418 g/mol. The minimum Gasteiger partial charge on any atom is -0.360 e. The second-order valence-corrected chi connectivity index (χ2v) is 9.11. The van der Waals surface area contributed by atoms with Crippen molar-refractivity contribution in [2.45, 2.75) is 23.9 Å². The first-order chi connectivity index (χ1) is 13.7. The van der Waals surface area contributed by atoms with Crippen LogP contribution in [0.5, 0.6) is 0 Å². The van der Waals surface area contributed by atoms with Gasteiger partial charge in [0.25, 0.3) is 0 Å². The molecule has 0 bridgehead atoms. The minimum absolute atomic E-state index is 0.0134. The molecule has 1 aromatic heterocycles. The number of carbonyl (C=O) groups excluding carboxylic acids is 1. The van der Waals surface area contributed by atoms with Crippen LogP contribution in [0.15, 0.2) is 47.5 Å². The molecule has 1 aliphatic rings. The van der Waals surface area contributed by atoms with E-state index in [1.54, 1.807) is 12.1 Å². The summed E-state index contributed by atoms with van der Waals surface area (Å²) in [6.07, 6.45) is 1.81.